The fraction of sp³-hybridized carbons (Fsp3) is 0.703. The van der Waals surface area contributed by atoms with Crippen LogP contribution in [0.4, 0.5) is 0 Å². The van der Waals surface area contributed by atoms with Crippen molar-refractivity contribution in [1.82, 2.24) is 4.90 Å². The van der Waals surface area contributed by atoms with E-state index < -0.39 is 0 Å². The summed E-state index contributed by atoms with van der Waals surface area (Å²) in [5.41, 5.74) is 6.58. The number of hydrogen-bond acceptors (Lipinski definition) is 2. The molecule has 0 amide bonds. The van der Waals surface area contributed by atoms with E-state index in [0.29, 0.717) is 17.4 Å². The molecular formula is C37H58N2. The van der Waals surface area contributed by atoms with Crippen LogP contribution in [0.15, 0.2) is 48.1 Å². The van der Waals surface area contributed by atoms with E-state index in [1.54, 1.807) is 0 Å². The van der Waals surface area contributed by atoms with Crippen LogP contribution in [0, 0.1) is 29.1 Å². The minimum absolute atomic E-state index is 0.120. The van der Waals surface area contributed by atoms with E-state index in [-0.39, 0.29) is 5.66 Å². The highest BCUT2D eigenvalue weighted by Gasteiger charge is 2.50. The lowest BCUT2D eigenvalue weighted by atomic mass is 9.75. The molecule has 2 fully saturated rings. The highest BCUT2D eigenvalue weighted by Crippen LogP contribution is 2.52. The number of aliphatic imine (C=N–C) groups is 1. The first-order valence-corrected chi connectivity index (χ1v) is 16.3. The van der Waals surface area contributed by atoms with Crippen LogP contribution in [0.1, 0.15) is 143 Å². The first kappa shape index (κ1) is 30.1. The molecule has 4 rings (SSSR count). The predicted octanol–water partition coefficient (Wildman–Crippen LogP) is 11.0. The minimum atomic E-state index is -0.120. The molecule has 1 aromatic carbocycles. The van der Waals surface area contributed by atoms with Gasteiger partial charge in [0, 0.05) is 5.92 Å². The second-order valence-corrected chi connectivity index (χ2v) is 14.9. The second-order valence-electron chi connectivity index (χ2n) is 14.9. The number of benzene rings is 1. The van der Waals surface area contributed by atoms with Crippen molar-refractivity contribution in [2.45, 2.75) is 137 Å². The number of hydrogen-bond donors (Lipinski definition) is 0. The monoisotopic (exact) mass is 530 g/mol. The summed E-state index contributed by atoms with van der Waals surface area (Å²) in [6.45, 7) is 25.5. The van der Waals surface area contributed by atoms with Crippen molar-refractivity contribution in [3.8, 4) is 0 Å². The minimum Gasteiger partial charge on any atom is -0.339 e. The molecule has 1 aromatic rings. The molecule has 0 aromatic heterocycles. The van der Waals surface area contributed by atoms with E-state index >= 15 is 0 Å². The molecule has 3 aliphatic rings. The Morgan fingerprint density at radius 3 is 2.31 bits per heavy atom. The van der Waals surface area contributed by atoms with Crippen molar-refractivity contribution < 1.29 is 0 Å². The van der Waals surface area contributed by atoms with Crippen molar-refractivity contribution in [2.24, 2.45) is 34.1 Å². The number of allylic oxidation sites excluding steroid dienone is 2. The fourth-order valence-electron chi connectivity index (χ4n) is 7.86. The molecule has 0 saturated heterocycles. The van der Waals surface area contributed by atoms with Crippen LogP contribution in [-0.2, 0) is 0 Å². The molecule has 2 nitrogen and oxygen atoms in total. The Hall–Kier alpha value is -1.83. The van der Waals surface area contributed by atoms with Gasteiger partial charge in [-0.05, 0) is 92.6 Å². The highest BCUT2D eigenvalue weighted by atomic mass is 15.4. The summed E-state index contributed by atoms with van der Waals surface area (Å²) >= 11 is 0. The zero-order chi connectivity index (χ0) is 28.4. The lowest BCUT2D eigenvalue weighted by Gasteiger charge is -2.48. The summed E-state index contributed by atoms with van der Waals surface area (Å²) in [5, 5.41) is 0. The average Bonchev–Trinajstić information content (AvgIpc) is 3.16. The van der Waals surface area contributed by atoms with E-state index in [0.717, 1.165) is 29.7 Å². The summed E-state index contributed by atoms with van der Waals surface area (Å²) in [4.78, 5) is 8.59. The third-order valence-electron chi connectivity index (χ3n) is 10.3. The van der Waals surface area contributed by atoms with E-state index in [9.17, 15) is 0 Å². The third kappa shape index (κ3) is 6.91. The van der Waals surface area contributed by atoms with Gasteiger partial charge in [-0.1, -0.05) is 110 Å². The lowest BCUT2D eigenvalue weighted by Crippen LogP contribution is -2.48. The first-order chi connectivity index (χ1) is 18.4. The molecule has 3 atom stereocenters. The van der Waals surface area contributed by atoms with Gasteiger partial charge < -0.3 is 4.90 Å². The molecule has 2 aliphatic carbocycles. The van der Waals surface area contributed by atoms with Gasteiger partial charge in [-0.3, -0.25) is 4.99 Å². The van der Waals surface area contributed by atoms with E-state index in [2.05, 4.69) is 84.2 Å². The Bertz CT molecular complexity index is 1010. The maximum atomic E-state index is 5.82. The molecule has 1 spiro atoms. The summed E-state index contributed by atoms with van der Waals surface area (Å²) in [5.74, 6) is 3.01. The molecule has 2 saturated carbocycles. The zero-order valence-corrected chi connectivity index (χ0v) is 26.5. The molecule has 0 bridgehead atoms. The Morgan fingerprint density at radius 2 is 1.74 bits per heavy atom. The quantitative estimate of drug-likeness (QED) is 0.310. The molecule has 0 N–H and O–H groups in total. The topological polar surface area (TPSA) is 15.6 Å². The van der Waals surface area contributed by atoms with Gasteiger partial charge in [-0.25, -0.2) is 0 Å². The summed E-state index contributed by atoms with van der Waals surface area (Å²) in [6.07, 6.45) is 15.2. The number of nitrogens with zero attached hydrogens (tertiary/aromatic N) is 2. The van der Waals surface area contributed by atoms with Gasteiger partial charge in [0.1, 0.15) is 5.66 Å². The van der Waals surface area contributed by atoms with Gasteiger partial charge in [-0.15, -0.1) is 0 Å². The van der Waals surface area contributed by atoms with Gasteiger partial charge in [0.05, 0.1) is 17.5 Å². The molecule has 0 radical (unpaired) electrons. The van der Waals surface area contributed by atoms with Gasteiger partial charge in [0.25, 0.3) is 0 Å². The molecule has 2 heteroatoms. The standard InChI is InChI=1S/C37H58N2/c1-10-12-29-13-11-14-33(25-29)35-28(6)39(37(38-35)23-19-31(20-24-37)27(4)5)34(21-22-36(7,8)9)32-17-15-30(16-18-32)26(2)3/h15-18,27,29,31,33-34H,2,6,10-14,19-25H2,1,3-5,7-9H3. The van der Waals surface area contributed by atoms with Gasteiger partial charge in [0.15, 0.2) is 0 Å². The van der Waals surface area contributed by atoms with Crippen molar-refractivity contribution >= 4 is 11.3 Å². The van der Waals surface area contributed by atoms with Crippen molar-refractivity contribution in [1.29, 1.82) is 0 Å². The molecule has 1 heterocycles. The Labute approximate surface area is 241 Å². The Balaban J connectivity index is 1.73. The van der Waals surface area contributed by atoms with Gasteiger partial charge in [0.2, 0.25) is 0 Å². The Kier molecular flexibility index (Phi) is 9.55. The highest BCUT2D eigenvalue weighted by molar-refractivity contribution is 6.03. The van der Waals surface area contributed by atoms with Crippen LogP contribution < -0.4 is 0 Å². The summed E-state index contributed by atoms with van der Waals surface area (Å²) in [7, 11) is 0. The van der Waals surface area contributed by atoms with Crippen LogP contribution >= 0.6 is 0 Å². The molecular weight excluding hydrogens is 472 g/mol. The van der Waals surface area contributed by atoms with Crippen LogP contribution in [0.25, 0.3) is 5.57 Å². The number of rotatable bonds is 9. The van der Waals surface area contributed by atoms with Crippen LogP contribution in [0.3, 0.4) is 0 Å². The van der Waals surface area contributed by atoms with Crippen molar-refractivity contribution in [3.05, 3.63) is 54.2 Å². The molecule has 39 heavy (non-hydrogen) atoms. The maximum Gasteiger partial charge on any atom is 0.132 e. The van der Waals surface area contributed by atoms with Crippen LogP contribution in [0.2, 0.25) is 0 Å². The van der Waals surface area contributed by atoms with E-state index in [1.165, 1.54) is 93.2 Å². The molecule has 1 aliphatic heterocycles. The second kappa shape index (κ2) is 12.4. The normalized spacial score (nSPS) is 28.7. The van der Waals surface area contributed by atoms with Gasteiger partial charge >= 0.3 is 0 Å². The van der Waals surface area contributed by atoms with Crippen molar-refractivity contribution in [2.75, 3.05) is 0 Å². The summed E-state index contributed by atoms with van der Waals surface area (Å²) in [6, 6.07) is 9.60. The van der Waals surface area contributed by atoms with Crippen molar-refractivity contribution in [3.63, 3.8) is 0 Å². The van der Waals surface area contributed by atoms with E-state index in [4.69, 9.17) is 11.6 Å². The lowest BCUT2D eigenvalue weighted by molar-refractivity contribution is 0.0394. The van der Waals surface area contributed by atoms with E-state index in [1.807, 2.05) is 0 Å². The smallest absolute Gasteiger partial charge is 0.132 e. The van der Waals surface area contributed by atoms with Gasteiger partial charge in [-0.2, -0.15) is 0 Å². The predicted molar refractivity (Wildman–Crippen MR) is 171 cm³/mol. The Morgan fingerprint density at radius 1 is 1.08 bits per heavy atom. The SMILES string of the molecule is C=C(C)c1ccc(C(CCC(C)(C)C)N2C(=C)C(C3CCCC(CCC)C3)=NC23CCC(C(C)C)CC3)cc1. The molecule has 3 unspecified atom stereocenters. The van der Waals surface area contributed by atoms with Crippen LogP contribution in [0.5, 0.6) is 0 Å². The first-order valence-electron chi connectivity index (χ1n) is 16.3. The maximum absolute atomic E-state index is 5.82. The zero-order valence-electron chi connectivity index (χ0n) is 26.5. The van der Waals surface area contributed by atoms with Crippen LogP contribution in [-0.4, -0.2) is 16.3 Å². The fourth-order valence-corrected chi connectivity index (χ4v) is 7.86. The third-order valence-corrected chi connectivity index (χ3v) is 10.3. The summed E-state index contributed by atoms with van der Waals surface area (Å²) < 4.78 is 0. The largest absolute Gasteiger partial charge is 0.339 e. The molecule has 216 valence electrons. The average molecular weight is 531 g/mol.